The standard InChI is InChI=1S/C16H24N2O2/c1-2-16(8-10-17-11-9-16)15(20)18-12-14(19)13-6-4-3-5-7-13/h3-7,14,17,19H,2,8-12H2,1H3,(H,18,20). The predicted octanol–water partition coefficient (Wildman–Crippen LogP) is 1.62. The highest BCUT2D eigenvalue weighted by Gasteiger charge is 2.37. The predicted molar refractivity (Wildman–Crippen MR) is 79.2 cm³/mol. The molecule has 1 unspecified atom stereocenters. The van der Waals surface area contributed by atoms with Gasteiger partial charge in [-0.15, -0.1) is 0 Å². The van der Waals surface area contributed by atoms with Gasteiger partial charge in [0.25, 0.3) is 0 Å². The summed E-state index contributed by atoms with van der Waals surface area (Å²) in [5.74, 6) is 0.0801. The summed E-state index contributed by atoms with van der Waals surface area (Å²) in [6.45, 7) is 4.13. The summed E-state index contributed by atoms with van der Waals surface area (Å²) in [7, 11) is 0. The molecule has 4 heteroatoms. The van der Waals surface area contributed by atoms with E-state index in [9.17, 15) is 9.90 Å². The molecule has 0 radical (unpaired) electrons. The number of hydrogen-bond donors (Lipinski definition) is 3. The SMILES string of the molecule is CCC1(C(=O)NCC(O)c2ccccc2)CCNCC1. The third-order valence-electron chi connectivity index (χ3n) is 4.36. The van der Waals surface area contributed by atoms with Crippen molar-refractivity contribution in [3.05, 3.63) is 35.9 Å². The van der Waals surface area contributed by atoms with E-state index in [1.165, 1.54) is 0 Å². The van der Waals surface area contributed by atoms with Crippen LogP contribution >= 0.6 is 0 Å². The number of hydrogen-bond acceptors (Lipinski definition) is 3. The van der Waals surface area contributed by atoms with Crippen LogP contribution in [-0.4, -0.2) is 30.6 Å². The number of aliphatic hydroxyl groups excluding tert-OH is 1. The maximum absolute atomic E-state index is 12.4. The maximum atomic E-state index is 12.4. The molecule has 20 heavy (non-hydrogen) atoms. The minimum Gasteiger partial charge on any atom is -0.387 e. The zero-order valence-corrected chi connectivity index (χ0v) is 12.1. The first-order chi connectivity index (χ1) is 9.68. The molecule has 1 atom stereocenters. The first-order valence-electron chi connectivity index (χ1n) is 7.40. The van der Waals surface area contributed by atoms with E-state index in [2.05, 4.69) is 17.6 Å². The molecule has 0 saturated carbocycles. The maximum Gasteiger partial charge on any atom is 0.226 e. The Labute approximate surface area is 120 Å². The number of rotatable bonds is 5. The van der Waals surface area contributed by atoms with Gasteiger partial charge in [0.1, 0.15) is 0 Å². The van der Waals surface area contributed by atoms with E-state index < -0.39 is 6.10 Å². The lowest BCUT2D eigenvalue weighted by Crippen LogP contribution is -2.48. The molecule has 1 aromatic carbocycles. The average Bonchev–Trinajstić information content (AvgIpc) is 2.53. The van der Waals surface area contributed by atoms with Crippen molar-refractivity contribution in [2.24, 2.45) is 5.41 Å². The van der Waals surface area contributed by atoms with Gasteiger partial charge in [0.15, 0.2) is 0 Å². The van der Waals surface area contributed by atoms with Gasteiger partial charge in [-0.05, 0) is 37.9 Å². The normalized spacial score (nSPS) is 19.3. The molecule has 1 saturated heterocycles. The Morgan fingerprint density at radius 2 is 2.00 bits per heavy atom. The quantitative estimate of drug-likeness (QED) is 0.766. The second-order valence-corrected chi connectivity index (χ2v) is 5.52. The molecular formula is C16H24N2O2. The van der Waals surface area contributed by atoms with Crippen LogP contribution in [0, 0.1) is 5.41 Å². The van der Waals surface area contributed by atoms with Crippen molar-refractivity contribution in [3.63, 3.8) is 0 Å². The molecule has 0 aromatic heterocycles. The van der Waals surface area contributed by atoms with E-state index in [1.807, 2.05) is 30.3 Å². The van der Waals surface area contributed by atoms with E-state index >= 15 is 0 Å². The summed E-state index contributed by atoms with van der Waals surface area (Å²) in [6.07, 6.45) is 1.95. The summed E-state index contributed by atoms with van der Waals surface area (Å²) in [6, 6.07) is 9.44. The smallest absolute Gasteiger partial charge is 0.226 e. The van der Waals surface area contributed by atoms with Gasteiger partial charge in [-0.1, -0.05) is 37.3 Å². The Hall–Kier alpha value is -1.39. The molecular weight excluding hydrogens is 252 g/mol. The third kappa shape index (κ3) is 3.38. The second kappa shape index (κ2) is 6.86. The zero-order chi connectivity index (χ0) is 14.4. The van der Waals surface area contributed by atoms with Crippen molar-refractivity contribution in [3.8, 4) is 0 Å². The van der Waals surface area contributed by atoms with Gasteiger partial charge in [0, 0.05) is 6.54 Å². The first-order valence-corrected chi connectivity index (χ1v) is 7.40. The minimum absolute atomic E-state index is 0.0801. The largest absolute Gasteiger partial charge is 0.387 e. The molecule has 0 bridgehead atoms. The molecule has 0 spiro atoms. The fourth-order valence-electron chi connectivity index (χ4n) is 2.82. The molecule has 4 nitrogen and oxygen atoms in total. The molecule has 1 aliphatic heterocycles. The van der Waals surface area contributed by atoms with Crippen LogP contribution in [-0.2, 0) is 4.79 Å². The molecule has 1 aliphatic rings. The number of amides is 1. The van der Waals surface area contributed by atoms with Gasteiger partial charge in [-0.2, -0.15) is 0 Å². The minimum atomic E-state index is -0.643. The third-order valence-corrected chi connectivity index (χ3v) is 4.36. The molecule has 1 heterocycles. The highest BCUT2D eigenvalue weighted by Crippen LogP contribution is 2.32. The summed E-state index contributed by atoms with van der Waals surface area (Å²) >= 11 is 0. The second-order valence-electron chi connectivity index (χ2n) is 5.52. The van der Waals surface area contributed by atoms with Crippen molar-refractivity contribution in [1.82, 2.24) is 10.6 Å². The summed E-state index contributed by atoms with van der Waals surface area (Å²) in [4.78, 5) is 12.4. The molecule has 3 N–H and O–H groups in total. The van der Waals surface area contributed by atoms with Gasteiger partial charge in [-0.25, -0.2) is 0 Å². The van der Waals surface area contributed by atoms with Gasteiger partial charge >= 0.3 is 0 Å². The zero-order valence-electron chi connectivity index (χ0n) is 12.1. The fourth-order valence-corrected chi connectivity index (χ4v) is 2.82. The lowest BCUT2D eigenvalue weighted by Gasteiger charge is -2.35. The van der Waals surface area contributed by atoms with Gasteiger partial charge in [0.2, 0.25) is 5.91 Å². The van der Waals surface area contributed by atoms with E-state index in [0.29, 0.717) is 0 Å². The van der Waals surface area contributed by atoms with Crippen LogP contribution in [0.3, 0.4) is 0 Å². The van der Waals surface area contributed by atoms with Crippen LogP contribution in [0.15, 0.2) is 30.3 Å². The van der Waals surface area contributed by atoms with Crippen molar-refractivity contribution in [2.45, 2.75) is 32.3 Å². The highest BCUT2D eigenvalue weighted by molar-refractivity contribution is 5.82. The number of benzene rings is 1. The Morgan fingerprint density at radius 1 is 1.35 bits per heavy atom. The van der Waals surface area contributed by atoms with E-state index in [4.69, 9.17) is 0 Å². The number of carbonyl (C=O) groups is 1. The number of piperidine rings is 1. The van der Waals surface area contributed by atoms with Crippen molar-refractivity contribution in [2.75, 3.05) is 19.6 Å². The van der Waals surface area contributed by atoms with Crippen LogP contribution in [0.25, 0.3) is 0 Å². The Balaban J connectivity index is 1.91. The van der Waals surface area contributed by atoms with E-state index in [0.717, 1.165) is 37.9 Å². The van der Waals surface area contributed by atoms with Gasteiger partial charge in [-0.3, -0.25) is 4.79 Å². The monoisotopic (exact) mass is 276 g/mol. The van der Waals surface area contributed by atoms with E-state index in [-0.39, 0.29) is 17.9 Å². The summed E-state index contributed by atoms with van der Waals surface area (Å²) in [5, 5.41) is 16.3. The Bertz CT molecular complexity index is 427. The fraction of sp³-hybridized carbons (Fsp3) is 0.562. The topological polar surface area (TPSA) is 61.4 Å². The molecule has 1 amide bonds. The summed E-state index contributed by atoms with van der Waals surface area (Å²) in [5.41, 5.74) is 0.574. The first kappa shape index (κ1) is 15.0. The lowest BCUT2D eigenvalue weighted by atomic mass is 9.76. The van der Waals surface area contributed by atoms with Crippen LogP contribution in [0.5, 0.6) is 0 Å². The Morgan fingerprint density at radius 3 is 2.60 bits per heavy atom. The molecule has 2 rings (SSSR count). The number of nitrogens with one attached hydrogen (secondary N) is 2. The average molecular weight is 276 g/mol. The van der Waals surface area contributed by atoms with Gasteiger partial charge < -0.3 is 15.7 Å². The van der Waals surface area contributed by atoms with E-state index in [1.54, 1.807) is 0 Å². The lowest BCUT2D eigenvalue weighted by molar-refractivity contribution is -0.133. The van der Waals surface area contributed by atoms with Crippen LogP contribution < -0.4 is 10.6 Å². The van der Waals surface area contributed by atoms with Crippen LogP contribution in [0.4, 0.5) is 0 Å². The Kier molecular flexibility index (Phi) is 5.15. The van der Waals surface area contributed by atoms with Crippen molar-refractivity contribution >= 4 is 5.91 Å². The van der Waals surface area contributed by atoms with Crippen molar-refractivity contribution in [1.29, 1.82) is 0 Å². The highest BCUT2D eigenvalue weighted by atomic mass is 16.3. The summed E-state index contributed by atoms with van der Waals surface area (Å²) < 4.78 is 0. The molecule has 0 aliphatic carbocycles. The van der Waals surface area contributed by atoms with Crippen LogP contribution in [0.1, 0.15) is 37.9 Å². The number of carbonyl (C=O) groups excluding carboxylic acids is 1. The molecule has 1 aromatic rings. The van der Waals surface area contributed by atoms with Crippen LogP contribution in [0.2, 0.25) is 0 Å². The molecule has 110 valence electrons. The molecule has 1 fully saturated rings. The number of aliphatic hydroxyl groups is 1. The van der Waals surface area contributed by atoms with Crippen molar-refractivity contribution < 1.29 is 9.90 Å². The van der Waals surface area contributed by atoms with Gasteiger partial charge in [0.05, 0.1) is 11.5 Å².